The van der Waals surface area contributed by atoms with E-state index >= 15 is 0 Å². The van der Waals surface area contributed by atoms with Crippen LogP contribution >= 0.6 is 0 Å². The van der Waals surface area contributed by atoms with Crippen molar-refractivity contribution in [3.63, 3.8) is 0 Å². The highest BCUT2D eigenvalue weighted by atomic mass is 19.4. The van der Waals surface area contributed by atoms with Gasteiger partial charge in [0, 0.05) is 35.6 Å². The summed E-state index contributed by atoms with van der Waals surface area (Å²) < 4.78 is 51.1. The lowest BCUT2D eigenvalue weighted by Crippen LogP contribution is -2.39. The molecule has 1 aromatic heterocycles. The number of benzene rings is 2. The van der Waals surface area contributed by atoms with Gasteiger partial charge in [0.1, 0.15) is 12.4 Å². The molecule has 9 heteroatoms. The van der Waals surface area contributed by atoms with Crippen LogP contribution in [0.2, 0.25) is 0 Å². The number of carboxylic acid groups (broad SMARTS) is 1. The highest BCUT2D eigenvalue weighted by Crippen LogP contribution is 2.45. The van der Waals surface area contributed by atoms with E-state index in [1.165, 1.54) is 12.1 Å². The summed E-state index contributed by atoms with van der Waals surface area (Å²) >= 11 is 0. The van der Waals surface area contributed by atoms with Gasteiger partial charge in [-0.3, -0.25) is 4.98 Å². The molecule has 3 aromatic rings. The van der Waals surface area contributed by atoms with Crippen molar-refractivity contribution in [2.75, 3.05) is 18.0 Å². The van der Waals surface area contributed by atoms with Gasteiger partial charge < -0.3 is 19.5 Å². The van der Waals surface area contributed by atoms with E-state index < -0.39 is 29.4 Å². The molecule has 1 aliphatic rings. The van der Waals surface area contributed by atoms with E-state index in [9.17, 15) is 23.1 Å². The fourth-order valence-corrected chi connectivity index (χ4v) is 5.45. The number of hydrogen-bond acceptors (Lipinski definition) is 5. The Morgan fingerprint density at radius 1 is 1.02 bits per heavy atom. The Morgan fingerprint density at radius 3 is 2.21 bits per heavy atom. The number of ether oxygens (including phenoxy) is 2. The second kappa shape index (κ2) is 12.2. The number of carboxylic acids is 1. The maximum Gasteiger partial charge on any atom is 0.416 e. The second-order valence-corrected chi connectivity index (χ2v) is 13.0. The van der Waals surface area contributed by atoms with Crippen molar-refractivity contribution in [1.82, 2.24) is 4.98 Å². The summed E-state index contributed by atoms with van der Waals surface area (Å²) in [5.74, 6) is -0.939. The number of hydrogen-bond donors (Lipinski definition) is 1. The number of nitrogens with zero attached hydrogens (tertiary/aromatic N) is 2. The van der Waals surface area contributed by atoms with Gasteiger partial charge in [0.2, 0.25) is 0 Å². The molecule has 1 aliphatic heterocycles. The normalized spacial score (nSPS) is 16.2. The SMILES string of the molecule is Cc1nc(C)c(C(OC(C)(C)C)C(=O)O)c(N2CCC(C)(C)CC2)c1-c1ccc(COc2cccc(C(F)(F)F)c2)cc1. The van der Waals surface area contributed by atoms with E-state index in [1.54, 1.807) is 0 Å². The van der Waals surface area contributed by atoms with Gasteiger partial charge in [-0.25, -0.2) is 4.79 Å². The number of anilines is 1. The maximum absolute atomic E-state index is 13.1. The Labute approximate surface area is 251 Å². The van der Waals surface area contributed by atoms with E-state index in [2.05, 4.69) is 18.7 Å². The molecule has 0 radical (unpaired) electrons. The predicted octanol–water partition coefficient (Wildman–Crippen LogP) is 8.53. The molecule has 0 aliphatic carbocycles. The van der Waals surface area contributed by atoms with E-state index in [4.69, 9.17) is 14.5 Å². The van der Waals surface area contributed by atoms with Crippen LogP contribution in [0.4, 0.5) is 18.9 Å². The fourth-order valence-electron chi connectivity index (χ4n) is 5.45. The molecule has 1 atom stereocenters. The number of aromatic nitrogens is 1. The zero-order chi connectivity index (χ0) is 31.7. The van der Waals surface area contributed by atoms with Crippen molar-refractivity contribution < 1.29 is 32.5 Å². The smallest absolute Gasteiger partial charge is 0.416 e. The zero-order valence-corrected chi connectivity index (χ0v) is 25.9. The molecule has 0 spiro atoms. The first-order chi connectivity index (χ1) is 19.9. The Kier molecular flexibility index (Phi) is 9.16. The van der Waals surface area contributed by atoms with Gasteiger partial charge in [0.25, 0.3) is 0 Å². The number of aryl methyl sites for hydroxylation is 2. The van der Waals surface area contributed by atoms with Crippen LogP contribution in [0.3, 0.4) is 0 Å². The molecule has 0 bridgehead atoms. The molecule has 2 heterocycles. The first-order valence-corrected chi connectivity index (χ1v) is 14.5. The molecule has 1 fully saturated rings. The highest BCUT2D eigenvalue weighted by Gasteiger charge is 2.36. The van der Waals surface area contributed by atoms with Crippen LogP contribution in [0.15, 0.2) is 48.5 Å². The topological polar surface area (TPSA) is 71.9 Å². The van der Waals surface area contributed by atoms with E-state index in [0.717, 1.165) is 66.1 Å². The van der Waals surface area contributed by atoms with Crippen LogP contribution in [0, 0.1) is 19.3 Å². The molecule has 1 N–H and O–H groups in total. The summed E-state index contributed by atoms with van der Waals surface area (Å²) in [6.07, 6.45) is -3.75. The lowest BCUT2D eigenvalue weighted by molar-refractivity contribution is -0.160. The lowest BCUT2D eigenvalue weighted by Gasteiger charge is -2.41. The van der Waals surface area contributed by atoms with Crippen LogP contribution in [0.5, 0.6) is 5.75 Å². The van der Waals surface area contributed by atoms with Crippen LogP contribution in [-0.4, -0.2) is 34.8 Å². The fraction of sp³-hybridized carbons (Fsp3) is 0.471. The molecule has 43 heavy (non-hydrogen) atoms. The average Bonchev–Trinajstić information content (AvgIpc) is 2.90. The van der Waals surface area contributed by atoms with E-state index in [0.29, 0.717) is 11.3 Å². The molecule has 0 amide bonds. The number of carbonyl (C=O) groups is 1. The van der Waals surface area contributed by atoms with Crippen LogP contribution < -0.4 is 9.64 Å². The summed E-state index contributed by atoms with van der Waals surface area (Å²) in [6.45, 7) is 15.4. The Balaban J connectivity index is 1.74. The number of alkyl halides is 3. The minimum atomic E-state index is -4.45. The zero-order valence-electron chi connectivity index (χ0n) is 25.9. The number of piperidine rings is 1. The summed E-state index contributed by atoms with van der Waals surface area (Å²) in [6, 6.07) is 12.4. The third-order valence-electron chi connectivity index (χ3n) is 7.78. The maximum atomic E-state index is 13.1. The van der Waals surface area contributed by atoms with Crippen molar-refractivity contribution in [3.8, 4) is 16.9 Å². The van der Waals surface area contributed by atoms with Crippen molar-refractivity contribution >= 4 is 11.7 Å². The first kappa shape index (κ1) is 32.3. The quantitative estimate of drug-likeness (QED) is 0.280. The predicted molar refractivity (Wildman–Crippen MR) is 161 cm³/mol. The monoisotopic (exact) mass is 598 g/mol. The summed E-state index contributed by atoms with van der Waals surface area (Å²) in [4.78, 5) is 19.7. The summed E-state index contributed by atoms with van der Waals surface area (Å²) in [5, 5.41) is 10.4. The van der Waals surface area contributed by atoms with Crippen molar-refractivity contribution in [2.45, 2.75) is 85.8 Å². The van der Waals surface area contributed by atoms with Crippen molar-refractivity contribution in [2.24, 2.45) is 5.41 Å². The van der Waals surface area contributed by atoms with Gasteiger partial charge in [0.15, 0.2) is 6.10 Å². The van der Waals surface area contributed by atoms with Gasteiger partial charge >= 0.3 is 12.1 Å². The average molecular weight is 599 g/mol. The minimum Gasteiger partial charge on any atom is -0.489 e. The molecule has 2 aromatic carbocycles. The minimum absolute atomic E-state index is 0.0898. The molecule has 1 saturated heterocycles. The number of pyridine rings is 1. The summed E-state index contributed by atoms with van der Waals surface area (Å²) in [5.41, 5.74) is 3.96. The third kappa shape index (κ3) is 7.88. The van der Waals surface area contributed by atoms with Gasteiger partial charge in [-0.15, -0.1) is 0 Å². The standard InChI is InChI=1S/C34H41F3N2O4/c1-21-27(24-13-11-23(12-14-24)20-42-26-10-8-9-25(19-26)34(35,36)37)29(39-17-15-33(6,7)16-18-39)28(22(2)38-21)30(31(40)41)43-32(3,4)5/h8-14,19,30H,15-18,20H2,1-7H3,(H,40,41). The number of rotatable bonds is 8. The molecule has 0 saturated carbocycles. The van der Waals surface area contributed by atoms with Crippen LogP contribution in [0.25, 0.3) is 11.1 Å². The molecule has 1 unspecified atom stereocenters. The van der Waals surface area contributed by atoms with Crippen molar-refractivity contribution in [1.29, 1.82) is 0 Å². The van der Waals surface area contributed by atoms with E-state index in [-0.39, 0.29) is 17.8 Å². The largest absolute Gasteiger partial charge is 0.489 e. The second-order valence-electron chi connectivity index (χ2n) is 13.0. The molecular formula is C34H41F3N2O4. The highest BCUT2D eigenvalue weighted by molar-refractivity contribution is 5.88. The van der Waals surface area contributed by atoms with E-state index in [1.807, 2.05) is 58.9 Å². The van der Waals surface area contributed by atoms with Gasteiger partial charge in [-0.1, -0.05) is 44.2 Å². The van der Waals surface area contributed by atoms with Crippen molar-refractivity contribution in [3.05, 3.63) is 76.6 Å². The molecular weight excluding hydrogens is 557 g/mol. The third-order valence-corrected chi connectivity index (χ3v) is 7.78. The molecule has 232 valence electrons. The Hall–Kier alpha value is -3.59. The van der Waals surface area contributed by atoms with Gasteiger partial charge in [-0.2, -0.15) is 13.2 Å². The van der Waals surface area contributed by atoms with Gasteiger partial charge in [0.05, 0.1) is 16.9 Å². The molecule has 6 nitrogen and oxygen atoms in total. The number of aliphatic carboxylic acids is 1. The summed E-state index contributed by atoms with van der Waals surface area (Å²) in [7, 11) is 0. The Morgan fingerprint density at radius 2 is 1.65 bits per heavy atom. The van der Waals surface area contributed by atoms with Gasteiger partial charge in [-0.05, 0) is 82.2 Å². The Bertz CT molecular complexity index is 1450. The van der Waals surface area contributed by atoms with Crippen LogP contribution in [-0.2, 0) is 22.3 Å². The lowest BCUT2D eigenvalue weighted by atomic mass is 9.81. The first-order valence-electron chi connectivity index (χ1n) is 14.5. The van der Waals surface area contributed by atoms with Crippen LogP contribution in [0.1, 0.15) is 81.6 Å². The number of halogens is 3. The molecule has 4 rings (SSSR count).